The minimum absolute atomic E-state index is 0.377. The summed E-state index contributed by atoms with van der Waals surface area (Å²) in [6.07, 6.45) is 0. The number of primary amides is 1. The lowest BCUT2D eigenvalue weighted by Crippen LogP contribution is -2.45. The van der Waals surface area contributed by atoms with Gasteiger partial charge in [0.1, 0.15) is 17.2 Å². The first-order chi connectivity index (χ1) is 9.41. The van der Waals surface area contributed by atoms with Crippen LogP contribution < -0.4 is 11.1 Å². The first-order valence-electron chi connectivity index (χ1n) is 6.01. The van der Waals surface area contributed by atoms with Crippen LogP contribution in [-0.4, -0.2) is 5.91 Å². The normalized spacial score (nSPS) is 13.6. The molecule has 0 aliphatic rings. The Balaban J connectivity index is 2.37. The quantitative estimate of drug-likeness (QED) is 0.902. The lowest BCUT2D eigenvalue weighted by molar-refractivity contribution is -0.122. The monoisotopic (exact) mass is 276 g/mol. The number of anilines is 1. The molecule has 0 saturated carbocycles. The predicted octanol–water partition coefficient (Wildman–Crippen LogP) is 2.78. The van der Waals surface area contributed by atoms with Crippen LogP contribution in [0.15, 0.2) is 48.5 Å². The minimum atomic E-state index is -1.22. The third-order valence-electron chi connectivity index (χ3n) is 3.15. The van der Waals surface area contributed by atoms with E-state index in [1.807, 2.05) is 0 Å². The van der Waals surface area contributed by atoms with Crippen LogP contribution in [0, 0.1) is 11.6 Å². The van der Waals surface area contributed by atoms with Crippen LogP contribution in [0.1, 0.15) is 12.5 Å². The molecular weight excluding hydrogens is 262 g/mol. The summed E-state index contributed by atoms with van der Waals surface area (Å²) in [6.45, 7) is 1.59. The number of nitrogens with two attached hydrogens (primary N) is 1. The summed E-state index contributed by atoms with van der Waals surface area (Å²) in [7, 11) is 0. The van der Waals surface area contributed by atoms with Crippen LogP contribution >= 0.6 is 0 Å². The van der Waals surface area contributed by atoms with Crippen molar-refractivity contribution < 1.29 is 13.6 Å². The van der Waals surface area contributed by atoms with Crippen molar-refractivity contribution in [1.29, 1.82) is 0 Å². The van der Waals surface area contributed by atoms with Crippen molar-refractivity contribution in [2.45, 2.75) is 12.5 Å². The Bertz CT molecular complexity index is 611. The molecule has 0 spiro atoms. The van der Waals surface area contributed by atoms with Crippen LogP contribution in [0.2, 0.25) is 0 Å². The Kier molecular flexibility index (Phi) is 3.70. The van der Waals surface area contributed by atoms with Crippen molar-refractivity contribution in [1.82, 2.24) is 0 Å². The Morgan fingerprint density at radius 1 is 1.00 bits per heavy atom. The molecule has 3 N–H and O–H groups in total. The van der Waals surface area contributed by atoms with E-state index in [1.54, 1.807) is 6.92 Å². The Labute approximate surface area is 115 Å². The number of halogens is 2. The molecule has 104 valence electrons. The van der Waals surface area contributed by atoms with E-state index in [0.29, 0.717) is 11.3 Å². The third kappa shape index (κ3) is 2.77. The van der Waals surface area contributed by atoms with Gasteiger partial charge in [-0.25, -0.2) is 8.78 Å². The minimum Gasteiger partial charge on any atom is -0.368 e. The topological polar surface area (TPSA) is 55.1 Å². The molecule has 0 aliphatic heterocycles. The van der Waals surface area contributed by atoms with Crippen LogP contribution in [0.25, 0.3) is 0 Å². The van der Waals surface area contributed by atoms with E-state index in [1.165, 1.54) is 48.5 Å². The lowest BCUT2D eigenvalue weighted by Gasteiger charge is -2.29. The van der Waals surface area contributed by atoms with E-state index in [-0.39, 0.29) is 5.82 Å². The number of carbonyl (C=O) groups excluding carboxylic acids is 1. The smallest absolute Gasteiger partial charge is 0.247 e. The largest absolute Gasteiger partial charge is 0.368 e. The Morgan fingerprint density at radius 3 is 1.90 bits per heavy atom. The summed E-state index contributed by atoms with van der Waals surface area (Å²) in [6, 6.07) is 11.0. The van der Waals surface area contributed by atoms with Gasteiger partial charge in [-0.3, -0.25) is 4.79 Å². The maximum Gasteiger partial charge on any atom is 0.247 e. The average Bonchev–Trinajstić information content (AvgIpc) is 2.42. The maximum absolute atomic E-state index is 13.0. The van der Waals surface area contributed by atoms with Gasteiger partial charge in [0.05, 0.1) is 0 Å². The Morgan fingerprint density at radius 2 is 1.45 bits per heavy atom. The summed E-state index contributed by atoms with van der Waals surface area (Å²) in [5, 5.41) is 2.95. The molecule has 0 fully saturated rings. The van der Waals surface area contributed by atoms with Crippen LogP contribution in [0.4, 0.5) is 14.5 Å². The highest BCUT2D eigenvalue weighted by Gasteiger charge is 2.33. The fourth-order valence-electron chi connectivity index (χ4n) is 1.88. The van der Waals surface area contributed by atoms with Gasteiger partial charge in [-0.2, -0.15) is 0 Å². The van der Waals surface area contributed by atoms with Gasteiger partial charge in [0.15, 0.2) is 0 Å². The van der Waals surface area contributed by atoms with E-state index in [0.717, 1.165) is 0 Å². The number of carbonyl (C=O) groups is 1. The van der Waals surface area contributed by atoms with E-state index < -0.39 is 17.3 Å². The first kappa shape index (κ1) is 14.0. The predicted molar refractivity (Wildman–Crippen MR) is 73.0 cm³/mol. The third-order valence-corrected chi connectivity index (χ3v) is 3.15. The zero-order valence-corrected chi connectivity index (χ0v) is 10.9. The molecular formula is C15H14F2N2O. The van der Waals surface area contributed by atoms with Crippen molar-refractivity contribution in [2.24, 2.45) is 5.73 Å². The van der Waals surface area contributed by atoms with Crippen molar-refractivity contribution in [2.75, 3.05) is 5.32 Å². The summed E-state index contributed by atoms with van der Waals surface area (Å²) < 4.78 is 25.9. The van der Waals surface area contributed by atoms with Crippen molar-refractivity contribution >= 4 is 11.6 Å². The zero-order valence-electron chi connectivity index (χ0n) is 10.9. The second-order valence-corrected chi connectivity index (χ2v) is 4.63. The van der Waals surface area contributed by atoms with Crippen molar-refractivity contribution in [3.8, 4) is 0 Å². The van der Waals surface area contributed by atoms with Crippen LogP contribution in [0.5, 0.6) is 0 Å². The van der Waals surface area contributed by atoms with E-state index in [2.05, 4.69) is 5.32 Å². The van der Waals surface area contributed by atoms with E-state index >= 15 is 0 Å². The molecule has 1 amide bonds. The molecule has 0 saturated heterocycles. The number of nitrogens with one attached hydrogen (secondary N) is 1. The van der Waals surface area contributed by atoms with Gasteiger partial charge >= 0.3 is 0 Å². The molecule has 2 rings (SSSR count). The highest BCUT2D eigenvalue weighted by Crippen LogP contribution is 2.26. The van der Waals surface area contributed by atoms with Crippen LogP contribution in [0.3, 0.4) is 0 Å². The molecule has 2 aromatic carbocycles. The van der Waals surface area contributed by atoms with Gasteiger partial charge in [-0.05, 0) is 48.9 Å². The maximum atomic E-state index is 13.0. The zero-order chi connectivity index (χ0) is 14.8. The molecule has 0 radical (unpaired) electrons. The SMILES string of the molecule is CC(Nc1ccc(F)cc1)(C(N)=O)c1ccc(F)cc1. The second-order valence-electron chi connectivity index (χ2n) is 4.63. The summed E-state index contributed by atoms with van der Waals surface area (Å²) in [5.41, 5.74) is 5.30. The number of hydrogen-bond acceptors (Lipinski definition) is 2. The van der Waals surface area contributed by atoms with Crippen molar-refractivity contribution in [3.05, 3.63) is 65.7 Å². The average molecular weight is 276 g/mol. The molecule has 0 bridgehead atoms. The Hall–Kier alpha value is -2.43. The highest BCUT2D eigenvalue weighted by atomic mass is 19.1. The lowest BCUT2D eigenvalue weighted by atomic mass is 9.91. The molecule has 1 atom stereocenters. The van der Waals surface area contributed by atoms with Crippen LogP contribution in [-0.2, 0) is 10.3 Å². The summed E-state index contributed by atoms with van der Waals surface area (Å²) in [5.74, 6) is -1.39. The molecule has 3 nitrogen and oxygen atoms in total. The number of benzene rings is 2. The molecule has 0 heterocycles. The van der Waals surface area contributed by atoms with Gasteiger partial charge in [-0.15, -0.1) is 0 Å². The van der Waals surface area contributed by atoms with E-state index in [9.17, 15) is 13.6 Å². The fourth-order valence-corrected chi connectivity index (χ4v) is 1.88. The van der Waals surface area contributed by atoms with Gasteiger partial charge < -0.3 is 11.1 Å². The number of rotatable bonds is 4. The molecule has 0 aromatic heterocycles. The molecule has 1 unspecified atom stereocenters. The van der Waals surface area contributed by atoms with Gasteiger partial charge in [-0.1, -0.05) is 12.1 Å². The standard InChI is InChI=1S/C15H14F2N2O/c1-15(14(18)20,10-2-4-11(16)5-3-10)19-13-8-6-12(17)7-9-13/h2-9,19H,1H3,(H2,18,20). The molecule has 20 heavy (non-hydrogen) atoms. The molecule has 5 heteroatoms. The number of hydrogen-bond donors (Lipinski definition) is 2. The van der Waals surface area contributed by atoms with Crippen molar-refractivity contribution in [3.63, 3.8) is 0 Å². The fraction of sp³-hybridized carbons (Fsp3) is 0.133. The summed E-state index contributed by atoms with van der Waals surface area (Å²) >= 11 is 0. The van der Waals surface area contributed by atoms with Gasteiger partial charge in [0.25, 0.3) is 0 Å². The first-order valence-corrected chi connectivity index (χ1v) is 6.01. The van der Waals surface area contributed by atoms with E-state index in [4.69, 9.17) is 5.73 Å². The van der Waals surface area contributed by atoms with Gasteiger partial charge in [0, 0.05) is 5.69 Å². The number of amides is 1. The van der Waals surface area contributed by atoms with Gasteiger partial charge in [0.2, 0.25) is 5.91 Å². The highest BCUT2D eigenvalue weighted by molar-refractivity contribution is 5.88. The molecule has 0 aliphatic carbocycles. The molecule has 2 aromatic rings. The second kappa shape index (κ2) is 5.28. The summed E-state index contributed by atoms with van der Waals surface area (Å²) in [4.78, 5) is 11.8.